The van der Waals surface area contributed by atoms with Crippen LogP contribution in [0.2, 0.25) is 0 Å². The van der Waals surface area contributed by atoms with Crippen molar-refractivity contribution in [2.45, 2.75) is 13.3 Å². The van der Waals surface area contributed by atoms with E-state index < -0.39 is 0 Å². The van der Waals surface area contributed by atoms with Gasteiger partial charge in [-0.1, -0.05) is 6.07 Å². The van der Waals surface area contributed by atoms with Gasteiger partial charge in [0.25, 0.3) is 0 Å². The third-order valence-corrected chi connectivity index (χ3v) is 2.05. The van der Waals surface area contributed by atoms with Gasteiger partial charge in [0, 0.05) is 0 Å². The zero-order valence-corrected chi connectivity index (χ0v) is 8.33. The largest absolute Gasteiger partial charge is 0.469 e. The van der Waals surface area contributed by atoms with Crippen molar-refractivity contribution in [3.63, 3.8) is 0 Å². The molecular weight excluding hydrogens is 180 g/mol. The Labute approximate surface area is 82.8 Å². The van der Waals surface area contributed by atoms with Crippen LogP contribution in [0.3, 0.4) is 0 Å². The number of anilines is 2. The second-order valence-electron chi connectivity index (χ2n) is 3.17. The van der Waals surface area contributed by atoms with Crippen LogP contribution >= 0.6 is 0 Å². The molecule has 0 aromatic heterocycles. The van der Waals surface area contributed by atoms with Crippen LogP contribution in [0.15, 0.2) is 12.1 Å². The van der Waals surface area contributed by atoms with Gasteiger partial charge < -0.3 is 16.2 Å². The van der Waals surface area contributed by atoms with Gasteiger partial charge in [-0.25, -0.2) is 0 Å². The number of methoxy groups -OCH3 is 1. The standard InChI is InChI=1S/C10H14N2O2/c1-6-3-7(5-9(13)14-2)4-8(11)10(6)12/h3-4H,5,11-12H2,1-2H3. The minimum Gasteiger partial charge on any atom is -0.469 e. The lowest BCUT2D eigenvalue weighted by molar-refractivity contribution is -0.139. The summed E-state index contributed by atoms with van der Waals surface area (Å²) in [4.78, 5) is 11.0. The number of esters is 1. The zero-order valence-electron chi connectivity index (χ0n) is 8.33. The van der Waals surface area contributed by atoms with Crippen LogP contribution in [0.4, 0.5) is 11.4 Å². The fourth-order valence-electron chi connectivity index (χ4n) is 1.24. The minimum atomic E-state index is -0.284. The molecule has 0 amide bonds. The van der Waals surface area contributed by atoms with Crippen LogP contribution in [0.1, 0.15) is 11.1 Å². The zero-order chi connectivity index (χ0) is 10.7. The molecule has 0 radical (unpaired) electrons. The summed E-state index contributed by atoms with van der Waals surface area (Å²) < 4.78 is 4.55. The normalized spacial score (nSPS) is 9.86. The lowest BCUT2D eigenvalue weighted by Crippen LogP contribution is -2.06. The van der Waals surface area contributed by atoms with Crippen LogP contribution < -0.4 is 11.5 Å². The highest BCUT2D eigenvalue weighted by Gasteiger charge is 2.06. The molecule has 1 aromatic rings. The van der Waals surface area contributed by atoms with Crippen molar-refractivity contribution in [1.82, 2.24) is 0 Å². The topological polar surface area (TPSA) is 78.3 Å². The molecule has 0 spiro atoms. The first-order chi connectivity index (χ1) is 6.54. The summed E-state index contributed by atoms with van der Waals surface area (Å²) in [5, 5.41) is 0. The van der Waals surface area contributed by atoms with Gasteiger partial charge in [0.05, 0.1) is 24.9 Å². The van der Waals surface area contributed by atoms with Gasteiger partial charge >= 0.3 is 5.97 Å². The minimum absolute atomic E-state index is 0.224. The van der Waals surface area contributed by atoms with Crippen LogP contribution in [-0.4, -0.2) is 13.1 Å². The number of benzene rings is 1. The molecule has 1 aromatic carbocycles. The number of rotatable bonds is 2. The maximum Gasteiger partial charge on any atom is 0.309 e. The maximum absolute atomic E-state index is 11.0. The van der Waals surface area contributed by atoms with E-state index in [4.69, 9.17) is 11.5 Å². The fraction of sp³-hybridized carbons (Fsp3) is 0.300. The van der Waals surface area contributed by atoms with Crippen LogP contribution in [-0.2, 0) is 16.0 Å². The van der Waals surface area contributed by atoms with E-state index in [1.54, 1.807) is 6.07 Å². The number of nitrogen functional groups attached to an aromatic ring is 2. The number of ether oxygens (including phenoxy) is 1. The molecule has 76 valence electrons. The summed E-state index contributed by atoms with van der Waals surface area (Å²) in [7, 11) is 1.36. The van der Waals surface area contributed by atoms with Crippen molar-refractivity contribution >= 4 is 17.3 Å². The molecule has 0 aliphatic heterocycles. The molecule has 0 saturated carbocycles. The second kappa shape index (κ2) is 4.00. The highest BCUT2D eigenvalue weighted by Crippen LogP contribution is 2.21. The van der Waals surface area contributed by atoms with Crippen molar-refractivity contribution < 1.29 is 9.53 Å². The third-order valence-electron chi connectivity index (χ3n) is 2.05. The summed E-state index contributed by atoms with van der Waals surface area (Å²) >= 11 is 0. The van der Waals surface area contributed by atoms with Crippen LogP contribution in [0.5, 0.6) is 0 Å². The van der Waals surface area contributed by atoms with Crippen molar-refractivity contribution in [2.24, 2.45) is 0 Å². The van der Waals surface area contributed by atoms with E-state index in [0.717, 1.165) is 11.1 Å². The van der Waals surface area contributed by atoms with Gasteiger partial charge in [-0.05, 0) is 24.1 Å². The Kier molecular flexibility index (Phi) is 2.96. The van der Waals surface area contributed by atoms with Crippen molar-refractivity contribution in [3.05, 3.63) is 23.3 Å². The molecule has 0 unspecified atom stereocenters. The Hall–Kier alpha value is -1.71. The summed E-state index contributed by atoms with van der Waals surface area (Å²) in [6, 6.07) is 3.53. The van der Waals surface area contributed by atoms with Gasteiger partial charge in [0.1, 0.15) is 0 Å². The van der Waals surface area contributed by atoms with Gasteiger partial charge in [0.2, 0.25) is 0 Å². The Morgan fingerprint density at radius 3 is 2.57 bits per heavy atom. The number of carbonyl (C=O) groups is 1. The Morgan fingerprint density at radius 2 is 2.07 bits per heavy atom. The number of aryl methyl sites for hydroxylation is 1. The quantitative estimate of drug-likeness (QED) is 0.541. The number of hydrogen-bond donors (Lipinski definition) is 2. The summed E-state index contributed by atoms with van der Waals surface area (Å²) in [6.45, 7) is 1.85. The van der Waals surface area contributed by atoms with Gasteiger partial charge in [-0.2, -0.15) is 0 Å². The van der Waals surface area contributed by atoms with Gasteiger partial charge in [-0.3, -0.25) is 4.79 Å². The summed E-state index contributed by atoms with van der Waals surface area (Å²) in [5.41, 5.74) is 14.1. The second-order valence-corrected chi connectivity index (χ2v) is 3.17. The molecule has 4 N–H and O–H groups in total. The SMILES string of the molecule is COC(=O)Cc1cc(C)c(N)c(N)c1. The molecular formula is C10H14N2O2. The number of hydrogen-bond acceptors (Lipinski definition) is 4. The molecule has 0 bridgehead atoms. The molecule has 0 aliphatic carbocycles. The maximum atomic E-state index is 11.0. The molecule has 0 fully saturated rings. The molecule has 4 heteroatoms. The average molecular weight is 194 g/mol. The first-order valence-electron chi connectivity index (χ1n) is 4.26. The van der Waals surface area contributed by atoms with E-state index in [0.29, 0.717) is 11.4 Å². The molecule has 1 rings (SSSR count). The van der Waals surface area contributed by atoms with Crippen LogP contribution in [0.25, 0.3) is 0 Å². The Balaban J connectivity index is 2.95. The molecule has 4 nitrogen and oxygen atoms in total. The van der Waals surface area contributed by atoms with E-state index in [2.05, 4.69) is 4.74 Å². The molecule has 0 aliphatic rings. The highest BCUT2D eigenvalue weighted by atomic mass is 16.5. The lowest BCUT2D eigenvalue weighted by atomic mass is 10.1. The smallest absolute Gasteiger partial charge is 0.309 e. The number of nitrogens with two attached hydrogens (primary N) is 2. The third kappa shape index (κ3) is 2.16. The monoisotopic (exact) mass is 194 g/mol. The summed E-state index contributed by atoms with van der Waals surface area (Å²) in [6.07, 6.45) is 0.224. The average Bonchev–Trinajstić information content (AvgIpc) is 2.14. The number of carbonyl (C=O) groups excluding carboxylic acids is 1. The predicted octanol–water partition coefficient (Wildman–Crippen LogP) is 0.875. The highest BCUT2D eigenvalue weighted by molar-refractivity contribution is 5.75. The molecule has 0 heterocycles. The van der Waals surface area contributed by atoms with Crippen LogP contribution in [0, 0.1) is 6.92 Å². The molecule has 0 saturated heterocycles. The Morgan fingerprint density at radius 1 is 1.43 bits per heavy atom. The van der Waals surface area contributed by atoms with E-state index in [1.165, 1.54) is 7.11 Å². The van der Waals surface area contributed by atoms with Gasteiger partial charge in [0.15, 0.2) is 0 Å². The van der Waals surface area contributed by atoms with E-state index in [1.807, 2.05) is 13.0 Å². The van der Waals surface area contributed by atoms with E-state index >= 15 is 0 Å². The van der Waals surface area contributed by atoms with Gasteiger partial charge in [-0.15, -0.1) is 0 Å². The van der Waals surface area contributed by atoms with E-state index in [9.17, 15) is 4.79 Å². The van der Waals surface area contributed by atoms with Crippen molar-refractivity contribution in [1.29, 1.82) is 0 Å². The summed E-state index contributed by atoms with van der Waals surface area (Å²) in [5.74, 6) is -0.284. The van der Waals surface area contributed by atoms with Crippen molar-refractivity contribution in [3.8, 4) is 0 Å². The fourth-order valence-corrected chi connectivity index (χ4v) is 1.24. The predicted molar refractivity (Wildman–Crippen MR) is 55.7 cm³/mol. The Bertz CT molecular complexity index is 338. The van der Waals surface area contributed by atoms with E-state index in [-0.39, 0.29) is 12.4 Å². The first-order valence-corrected chi connectivity index (χ1v) is 4.26. The first kappa shape index (κ1) is 10.4. The molecule has 0 atom stereocenters. The molecule has 14 heavy (non-hydrogen) atoms. The van der Waals surface area contributed by atoms with Crippen molar-refractivity contribution in [2.75, 3.05) is 18.6 Å². The lowest BCUT2D eigenvalue weighted by Gasteiger charge is -2.07.